The average molecular weight is 245 g/mol. The van der Waals surface area contributed by atoms with Crippen LogP contribution in [0.25, 0.3) is 0 Å². The molecule has 2 unspecified atom stereocenters. The molecule has 0 radical (unpaired) electrons. The number of nitrogens with zero attached hydrogens (tertiary/aromatic N) is 2. The van der Waals surface area contributed by atoms with Crippen molar-refractivity contribution in [1.29, 1.82) is 0 Å². The second kappa shape index (κ2) is 5.31. The molecule has 2 aromatic rings. The van der Waals surface area contributed by atoms with Crippen LogP contribution < -0.4 is 5.32 Å². The van der Waals surface area contributed by atoms with Gasteiger partial charge in [-0.25, -0.2) is 0 Å². The Bertz CT molecular complexity index is 488. The van der Waals surface area contributed by atoms with Crippen molar-refractivity contribution in [3.63, 3.8) is 0 Å². The molecule has 96 valence electrons. The maximum Gasteiger partial charge on any atom is 0.138 e. The van der Waals surface area contributed by atoms with Gasteiger partial charge in [0.25, 0.3) is 0 Å². The normalized spacial score (nSPS) is 14.4. The van der Waals surface area contributed by atoms with Crippen LogP contribution in [0.4, 0.5) is 0 Å². The van der Waals surface area contributed by atoms with Gasteiger partial charge in [-0.15, -0.1) is 0 Å². The molecule has 2 aromatic heterocycles. The lowest BCUT2D eigenvalue weighted by atomic mass is 10.1. The van der Waals surface area contributed by atoms with Crippen LogP contribution in [-0.4, -0.2) is 10.1 Å². The first kappa shape index (κ1) is 12.8. The van der Waals surface area contributed by atoms with Crippen molar-refractivity contribution in [2.24, 2.45) is 0 Å². The second-order valence-corrected chi connectivity index (χ2v) is 4.60. The van der Waals surface area contributed by atoms with Gasteiger partial charge in [-0.05, 0) is 39.8 Å². The maximum atomic E-state index is 5.20. The lowest BCUT2D eigenvalue weighted by molar-refractivity contribution is 0.389. The van der Waals surface area contributed by atoms with Crippen LogP contribution in [0, 0.1) is 13.8 Å². The minimum atomic E-state index is 0.188. The smallest absolute Gasteiger partial charge is 0.138 e. The Morgan fingerprint density at radius 1 is 1.17 bits per heavy atom. The molecule has 0 aliphatic rings. The number of hydrogen-bond donors (Lipinski definition) is 1. The van der Waals surface area contributed by atoms with Crippen molar-refractivity contribution in [2.75, 3.05) is 0 Å². The lowest BCUT2D eigenvalue weighted by Gasteiger charge is -2.19. The van der Waals surface area contributed by atoms with Gasteiger partial charge in [-0.2, -0.15) is 0 Å². The first-order valence-electron chi connectivity index (χ1n) is 6.19. The molecule has 4 heteroatoms. The highest BCUT2D eigenvalue weighted by molar-refractivity contribution is 5.24. The SMILES string of the molecule is Cc1noc(C)c1C(C)NC(C)c1ccccn1. The number of aryl methyl sites for hydroxylation is 2. The van der Waals surface area contributed by atoms with Gasteiger partial charge in [0, 0.05) is 23.8 Å². The molecule has 0 saturated carbocycles. The zero-order chi connectivity index (χ0) is 13.1. The number of nitrogens with one attached hydrogen (secondary N) is 1. The van der Waals surface area contributed by atoms with Gasteiger partial charge >= 0.3 is 0 Å². The molecule has 0 aliphatic carbocycles. The van der Waals surface area contributed by atoms with E-state index < -0.39 is 0 Å². The van der Waals surface area contributed by atoms with Gasteiger partial charge in [0.2, 0.25) is 0 Å². The Balaban J connectivity index is 2.11. The van der Waals surface area contributed by atoms with E-state index in [0.717, 1.165) is 22.7 Å². The molecule has 0 fully saturated rings. The van der Waals surface area contributed by atoms with Crippen molar-refractivity contribution in [3.8, 4) is 0 Å². The number of aromatic nitrogens is 2. The Labute approximate surface area is 107 Å². The summed E-state index contributed by atoms with van der Waals surface area (Å²) in [6, 6.07) is 6.33. The van der Waals surface area contributed by atoms with E-state index in [9.17, 15) is 0 Å². The number of pyridine rings is 1. The second-order valence-electron chi connectivity index (χ2n) is 4.60. The summed E-state index contributed by atoms with van der Waals surface area (Å²) < 4.78 is 5.20. The molecular formula is C14H19N3O. The Morgan fingerprint density at radius 2 is 1.94 bits per heavy atom. The molecule has 4 nitrogen and oxygen atoms in total. The lowest BCUT2D eigenvalue weighted by Crippen LogP contribution is -2.23. The van der Waals surface area contributed by atoms with Crippen LogP contribution in [0.15, 0.2) is 28.9 Å². The molecule has 2 rings (SSSR count). The van der Waals surface area contributed by atoms with Gasteiger partial charge < -0.3 is 9.84 Å². The van der Waals surface area contributed by atoms with Crippen LogP contribution in [0.1, 0.15) is 48.6 Å². The summed E-state index contributed by atoms with van der Waals surface area (Å²) in [6.07, 6.45) is 1.81. The number of hydrogen-bond acceptors (Lipinski definition) is 4. The van der Waals surface area contributed by atoms with E-state index in [-0.39, 0.29) is 12.1 Å². The van der Waals surface area contributed by atoms with Gasteiger partial charge in [0.15, 0.2) is 0 Å². The van der Waals surface area contributed by atoms with Crippen LogP contribution in [-0.2, 0) is 0 Å². The maximum absolute atomic E-state index is 5.20. The van der Waals surface area contributed by atoms with E-state index >= 15 is 0 Å². The summed E-state index contributed by atoms with van der Waals surface area (Å²) in [4.78, 5) is 4.36. The molecule has 0 amide bonds. The molecule has 0 spiro atoms. The molecule has 0 saturated heterocycles. The highest BCUT2D eigenvalue weighted by Gasteiger charge is 2.18. The summed E-state index contributed by atoms with van der Waals surface area (Å²) in [5.74, 6) is 0.876. The molecular weight excluding hydrogens is 226 g/mol. The third kappa shape index (κ3) is 2.59. The fraction of sp³-hybridized carbons (Fsp3) is 0.429. The fourth-order valence-corrected chi connectivity index (χ4v) is 2.28. The average Bonchev–Trinajstić information content (AvgIpc) is 2.70. The van der Waals surface area contributed by atoms with Crippen molar-refractivity contribution in [1.82, 2.24) is 15.5 Å². The molecule has 0 aromatic carbocycles. The Kier molecular flexibility index (Phi) is 3.77. The predicted molar refractivity (Wildman–Crippen MR) is 70.2 cm³/mol. The van der Waals surface area contributed by atoms with Crippen LogP contribution in [0.2, 0.25) is 0 Å². The highest BCUT2D eigenvalue weighted by atomic mass is 16.5. The molecule has 18 heavy (non-hydrogen) atoms. The van der Waals surface area contributed by atoms with Crippen molar-refractivity contribution >= 4 is 0 Å². The molecule has 0 bridgehead atoms. The van der Waals surface area contributed by atoms with E-state index in [1.54, 1.807) is 0 Å². The summed E-state index contributed by atoms with van der Waals surface area (Å²) in [5, 5.41) is 7.50. The van der Waals surface area contributed by atoms with Gasteiger partial charge in [0.1, 0.15) is 5.76 Å². The first-order valence-corrected chi connectivity index (χ1v) is 6.19. The van der Waals surface area contributed by atoms with E-state index in [2.05, 4.69) is 29.3 Å². The summed E-state index contributed by atoms with van der Waals surface area (Å²) in [5.41, 5.74) is 3.12. The van der Waals surface area contributed by atoms with E-state index in [1.807, 2.05) is 38.2 Å². The van der Waals surface area contributed by atoms with Crippen LogP contribution >= 0.6 is 0 Å². The quantitative estimate of drug-likeness (QED) is 0.899. The van der Waals surface area contributed by atoms with Crippen molar-refractivity contribution in [2.45, 2.75) is 39.8 Å². The standard InChI is InChI=1S/C14H19N3O/c1-9(13-7-5-6-8-15-13)16-10(2)14-11(3)17-18-12(14)4/h5-10,16H,1-4H3. The molecule has 2 heterocycles. The van der Waals surface area contributed by atoms with Crippen LogP contribution in [0.3, 0.4) is 0 Å². The zero-order valence-electron chi connectivity index (χ0n) is 11.3. The van der Waals surface area contributed by atoms with Gasteiger partial charge in [-0.3, -0.25) is 4.98 Å². The van der Waals surface area contributed by atoms with Crippen molar-refractivity contribution in [3.05, 3.63) is 47.1 Å². The van der Waals surface area contributed by atoms with Gasteiger partial charge in [0.05, 0.1) is 11.4 Å². The predicted octanol–water partition coefficient (Wildman–Crippen LogP) is 3.10. The topological polar surface area (TPSA) is 51.0 Å². The summed E-state index contributed by atoms with van der Waals surface area (Å²) in [7, 11) is 0. The van der Waals surface area contributed by atoms with Crippen molar-refractivity contribution < 1.29 is 4.52 Å². The Morgan fingerprint density at radius 3 is 2.50 bits per heavy atom. The minimum absolute atomic E-state index is 0.188. The fourth-order valence-electron chi connectivity index (χ4n) is 2.28. The largest absolute Gasteiger partial charge is 0.361 e. The monoisotopic (exact) mass is 245 g/mol. The summed E-state index contributed by atoms with van der Waals surface area (Å²) >= 11 is 0. The first-order chi connectivity index (χ1) is 8.59. The zero-order valence-corrected chi connectivity index (χ0v) is 11.3. The van der Waals surface area contributed by atoms with E-state index in [4.69, 9.17) is 4.52 Å². The Hall–Kier alpha value is -1.68. The minimum Gasteiger partial charge on any atom is -0.361 e. The third-order valence-electron chi connectivity index (χ3n) is 3.15. The highest BCUT2D eigenvalue weighted by Crippen LogP contribution is 2.23. The van der Waals surface area contributed by atoms with Gasteiger partial charge in [-0.1, -0.05) is 11.2 Å². The third-order valence-corrected chi connectivity index (χ3v) is 3.15. The van der Waals surface area contributed by atoms with E-state index in [0.29, 0.717) is 0 Å². The van der Waals surface area contributed by atoms with E-state index in [1.165, 1.54) is 0 Å². The number of rotatable bonds is 4. The molecule has 2 atom stereocenters. The summed E-state index contributed by atoms with van der Waals surface area (Å²) in [6.45, 7) is 8.14. The van der Waals surface area contributed by atoms with Crippen LogP contribution in [0.5, 0.6) is 0 Å². The molecule has 0 aliphatic heterocycles. The molecule has 1 N–H and O–H groups in total.